The monoisotopic (exact) mass is 336 g/mol. The number of carboxylic acids is 1. The number of halogens is 1. The molecule has 7 nitrogen and oxygen atoms in total. The number of rotatable bonds is 6. The highest BCUT2D eigenvalue weighted by Gasteiger charge is 2.28. The van der Waals surface area contributed by atoms with Crippen molar-refractivity contribution in [3.8, 4) is 5.75 Å². The lowest BCUT2D eigenvalue weighted by Crippen LogP contribution is -2.12. The Hall–Kier alpha value is -2.54. The zero-order valence-electron chi connectivity index (χ0n) is 11.9. The lowest BCUT2D eigenvalue weighted by atomic mass is 10.2. The van der Waals surface area contributed by atoms with Crippen LogP contribution in [-0.4, -0.2) is 28.7 Å². The molecule has 1 fully saturated rings. The normalized spacial score (nSPS) is 13.6. The minimum Gasteiger partial charge on any atom is -0.480 e. The Kier molecular flexibility index (Phi) is 4.20. The number of carboxylic acid groups (broad SMARTS) is 1. The molecule has 8 heteroatoms. The van der Waals surface area contributed by atoms with Crippen LogP contribution in [-0.2, 0) is 4.79 Å². The number of nitrogens with one attached hydrogen (secondary N) is 1. The van der Waals surface area contributed by atoms with Gasteiger partial charge in [-0.3, -0.25) is 4.79 Å². The number of aliphatic carboxylic acids is 1. The number of benzene rings is 1. The average Bonchev–Trinajstić information content (AvgIpc) is 3.23. The maximum atomic E-state index is 12.1. The van der Waals surface area contributed by atoms with E-state index in [1.54, 1.807) is 12.1 Å². The molecule has 2 N–H and O–H groups in total. The Morgan fingerprint density at radius 2 is 2.17 bits per heavy atom. The lowest BCUT2D eigenvalue weighted by Gasteiger charge is -2.08. The Morgan fingerprint density at radius 3 is 2.83 bits per heavy atom. The maximum Gasteiger partial charge on any atom is 0.341 e. The fourth-order valence-corrected chi connectivity index (χ4v) is 2.22. The van der Waals surface area contributed by atoms with E-state index in [0.717, 1.165) is 18.6 Å². The molecule has 1 aliphatic rings. The minimum atomic E-state index is -1.10. The number of hydrogen-bond acceptors (Lipinski definition) is 5. The van der Waals surface area contributed by atoms with Crippen molar-refractivity contribution in [2.45, 2.75) is 18.8 Å². The van der Waals surface area contributed by atoms with Crippen LogP contribution in [0.5, 0.6) is 5.75 Å². The minimum absolute atomic E-state index is 0.197. The number of amides is 1. The maximum absolute atomic E-state index is 12.1. The summed E-state index contributed by atoms with van der Waals surface area (Å²) < 4.78 is 10.1. The third-order valence-corrected chi connectivity index (χ3v) is 3.58. The third kappa shape index (κ3) is 3.81. The summed E-state index contributed by atoms with van der Waals surface area (Å²) in [4.78, 5) is 22.6. The van der Waals surface area contributed by atoms with E-state index in [0.29, 0.717) is 11.6 Å². The highest BCUT2D eigenvalue weighted by Crippen LogP contribution is 2.40. The summed E-state index contributed by atoms with van der Waals surface area (Å²) >= 11 is 5.99. The first kappa shape index (κ1) is 15.4. The van der Waals surface area contributed by atoms with Crippen molar-refractivity contribution in [3.05, 3.63) is 40.7 Å². The topological polar surface area (TPSA) is 102 Å². The molecular formula is C15H13ClN2O5. The molecule has 0 radical (unpaired) electrons. The fourth-order valence-electron chi connectivity index (χ4n) is 1.99. The predicted octanol–water partition coefficient (Wildman–Crippen LogP) is 2.92. The number of anilines is 1. The van der Waals surface area contributed by atoms with Gasteiger partial charge in [-0.15, -0.1) is 0 Å². The van der Waals surface area contributed by atoms with Crippen molar-refractivity contribution in [2.24, 2.45) is 0 Å². The second-order valence-corrected chi connectivity index (χ2v) is 5.58. The van der Waals surface area contributed by atoms with Crippen LogP contribution in [0.25, 0.3) is 0 Å². The van der Waals surface area contributed by atoms with Gasteiger partial charge in [0.2, 0.25) is 0 Å². The third-order valence-electron chi connectivity index (χ3n) is 3.28. The van der Waals surface area contributed by atoms with E-state index in [1.807, 2.05) is 0 Å². The van der Waals surface area contributed by atoms with Crippen LogP contribution in [0.1, 0.15) is 35.0 Å². The summed E-state index contributed by atoms with van der Waals surface area (Å²) in [5.74, 6) is -0.175. The molecule has 1 aromatic carbocycles. The van der Waals surface area contributed by atoms with Crippen molar-refractivity contribution in [1.82, 2.24) is 5.16 Å². The second kappa shape index (κ2) is 6.29. The van der Waals surface area contributed by atoms with E-state index in [9.17, 15) is 9.59 Å². The highest BCUT2D eigenvalue weighted by atomic mass is 35.5. The quantitative estimate of drug-likeness (QED) is 0.841. The van der Waals surface area contributed by atoms with Gasteiger partial charge in [-0.25, -0.2) is 4.79 Å². The Labute approximate surface area is 136 Å². The van der Waals surface area contributed by atoms with E-state index >= 15 is 0 Å². The fraction of sp³-hybridized carbons (Fsp3) is 0.267. The first-order valence-electron chi connectivity index (χ1n) is 6.95. The van der Waals surface area contributed by atoms with E-state index in [2.05, 4.69) is 10.5 Å². The summed E-state index contributed by atoms with van der Waals surface area (Å²) in [6.07, 6.45) is 2.12. The highest BCUT2D eigenvalue weighted by molar-refractivity contribution is 6.32. The summed E-state index contributed by atoms with van der Waals surface area (Å²) in [7, 11) is 0. The molecular weight excluding hydrogens is 324 g/mol. The summed E-state index contributed by atoms with van der Waals surface area (Å²) in [6, 6.07) is 6.15. The molecule has 0 aliphatic heterocycles. The van der Waals surface area contributed by atoms with E-state index < -0.39 is 18.5 Å². The molecule has 2 aromatic rings. The van der Waals surface area contributed by atoms with Crippen molar-refractivity contribution in [2.75, 3.05) is 11.9 Å². The average molecular weight is 337 g/mol. The van der Waals surface area contributed by atoms with Gasteiger partial charge < -0.3 is 19.7 Å². The zero-order chi connectivity index (χ0) is 16.4. The van der Waals surface area contributed by atoms with Gasteiger partial charge in [0, 0.05) is 17.7 Å². The van der Waals surface area contributed by atoms with Crippen LogP contribution >= 0.6 is 11.6 Å². The van der Waals surface area contributed by atoms with Gasteiger partial charge in [-0.05, 0) is 31.0 Å². The first-order chi connectivity index (χ1) is 11.0. The molecule has 1 heterocycles. The van der Waals surface area contributed by atoms with Crippen molar-refractivity contribution in [3.63, 3.8) is 0 Å². The molecule has 1 aromatic heterocycles. The van der Waals surface area contributed by atoms with Crippen LogP contribution in [0, 0.1) is 0 Å². The summed E-state index contributed by atoms with van der Waals surface area (Å²) in [5, 5.41) is 15.2. The number of carbonyl (C=O) groups is 2. The lowest BCUT2D eigenvalue weighted by molar-refractivity contribution is -0.139. The standard InChI is InChI=1S/C15H13ClN2O5/c16-10-5-9(3-4-12(10)22-7-14(19)20)17-15(21)11-6-13(23-18-11)8-1-2-8/h3-6,8H,1-2,7H2,(H,17,21)(H,19,20). The van der Waals surface area contributed by atoms with Gasteiger partial charge in [0.25, 0.3) is 5.91 Å². The van der Waals surface area contributed by atoms with Gasteiger partial charge >= 0.3 is 5.97 Å². The number of nitrogens with zero attached hydrogens (tertiary/aromatic N) is 1. The Bertz CT molecular complexity index is 754. The summed E-state index contributed by atoms with van der Waals surface area (Å²) in [5.41, 5.74) is 0.646. The molecule has 120 valence electrons. The molecule has 0 saturated heterocycles. The predicted molar refractivity (Wildman–Crippen MR) is 81.0 cm³/mol. The number of aromatic nitrogens is 1. The Balaban J connectivity index is 1.65. The van der Waals surface area contributed by atoms with Crippen LogP contribution < -0.4 is 10.1 Å². The van der Waals surface area contributed by atoms with E-state index in [1.165, 1.54) is 12.1 Å². The second-order valence-electron chi connectivity index (χ2n) is 5.17. The number of ether oxygens (including phenoxy) is 1. The number of carbonyl (C=O) groups excluding carboxylic acids is 1. The van der Waals surface area contributed by atoms with Crippen LogP contribution in [0.3, 0.4) is 0 Å². The van der Waals surface area contributed by atoms with Gasteiger partial charge in [-0.2, -0.15) is 0 Å². The van der Waals surface area contributed by atoms with Crippen molar-refractivity contribution < 1.29 is 24.0 Å². The first-order valence-corrected chi connectivity index (χ1v) is 7.33. The Morgan fingerprint density at radius 1 is 1.39 bits per heavy atom. The van der Waals surface area contributed by atoms with E-state index in [-0.39, 0.29) is 16.5 Å². The molecule has 3 rings (SSSR count). The molecule has 23 heavy (non-hydrogen) atoms. The van der Waals surface area contributed by atoms with Crippen molar-refractivity contribution >= 4 is 29.2 Å². The molecule has 0 atom stereocenters. The van der Waals surface area contributed by atoms with Gasteiger partial charge in [0.1, 0.15) is 11.5 Å². The molecule has 1 aliphatic carbocycles. The van der Waals surface area contributed by atoms with Crippen molar-refractivity contribution in [1.29, 1.82) is 0 Å². The molecule has 1 saturated carbocycles. The van der Waals surface area contributed by atoms with Crippen LogP contribution in [0.2, 0.25) is 5.02 Å². The smallest absolute Gasteiger partial charge is 0.341 e. The molecule has 0 unspecified atom stereocenters. The van der Waals surface area contributed by atoms with Gasteiger partial charge in [-0.1, -0.05) is 16.8 Å². The number of hydrogen-bond donors (Lipinski definition) is 2. The summed E-state index contributed by atoms with van der Waals surface area (Å²) in [6.45, 7) is -0.492. The van der Waals surface area contributed by atoms with Gasteiger partial charge in [0.15, 0.2) is 12.3 Å². The molecule has 0 spiro atoms. The van der Waals surface area contributed by atoms with E-state index in [4.69, 9.17) is 26.0 Å². The van der Waals surface area contributed by atoms with Gasteiger partial charge in [0.05, 0.1) is 5.02 Å². The molecule has 0 bridgehead atoms. The zero-order valence-corrected chi connectivity index (χ0v) is 12.7. The largest absolute Gasteiger partial charge is 0.480 e. The van der Waals surface area contributed by atoms with Crippen LogP contribution in [0.4, 0.5) is 5.69 Å². The SMILES string of the molecule is O=C(O)COc1ccc(NC(=O)c2cc(C3CC3)on2)cc1Cl. The van der Waals surface area contributed by atoms with Crippen LogP contribution in [0.15, 0.2) is 28.8 Å². The molecule has 1 amide bonds.